The van der Waals surface area contributed by atoms with Crippen molar-refractivity contribution >= 4 is 36.1 Å². The summed E-state index contributed by atoms with van der Waals surface area (Å²) >= 11 is 18.9. The molecule has 1 aromatic carbocycles. The van der Waals surface area contributed by atoms with Gasteiger partial charge in [-0.1, -0.05) is 0 Å². The molecule has 276 valence electrons. The summed E-state index contributed by atoms with van der Waals surface area (Å²) in [6.07, 6.45) is 42.9. The molecule has 48 heavy (non-hydrogen) atoms. The first-order chi connectivity index (χ1) is 23.0. The second-order valence-electron chi connectivity index (χ2n) is 18.1. The molecule has 0 saturated heterocycles. The molecular weight excluding hydrogens is 750 g/mol. The van der Waals surface area contributed by atoms with E-state index in [4.69, 9.17) is 11.6 Å². The Bertz CT molecular complexity index is 1040. The van der Waals surface area contributed by atoms with Crippen molar-refractivity contribution in [1.82, 2.24) is 0 Å². The van der Waals surface area contributed by atoms with E-state index in [-0.39, 0.29) is 24.1 Å². The second kappa shape index (κ2) is 17.2. The van der Waals surface area contributed by atoms with Gasteiger partial charge in [-0.05, 0) is 0 Å². The van der Waals surface area contributed by atoms with E-state index in [2.05, 4.69) is 30.3 Å². The van der Waals surface area contributed by atoms with Crippen molar-refractivity contribution in [3.63, 3.8) is 0 Å². The maximum atomic E-state index is 9.95. The van der Waals surface area contributed by atoms with Crippen LogP contribution in [0.2, 0.25) is 0 Å². The molecule has 0 nitrogen and oxygen atoms in total. The standard InChI is InChI=1S/C43H72Cl2P2.Ru/c44-43(34-20-7-21-35-43)47(45,40-30-16-5-17-31-40,41-32-18-6-19-33-41)42(36-22-8-1-9-23-36)46(37-24-10-2-11-25-37,38-26-12-3-13-27-38)39-28-14-4-15-29-39;/h1,8-9,22-23,37-42,46H,2-7,10-21,24-35H2;. The van der Waals surface area contributed by atoms with Gasteiger partial charge in [0.1, 0.15) is 0 Å². The number of hydrogen-bond donors (Lipinski definition) is 0. The maximum Gasteiger partial charge on any atom is 0 e. The molecule has 5 heteroatoms. The molecule has 0 spiro atoms. The third-order valence-corrected chi connectivity index (χ3v) is 39.4. The molecule has 1 atom stereocenters. The summed E-state index contributed by atoms with van der Waals surface area (Å²) in [7, 11) is -2.13. The second-order valence-corrected chi connectivity index (χ2v) is 32.1. The molecule has 6 fully saturated rings. The molecule has 6 saturated carbocycles. The van der Waals surface area contributed by atoms with Gasteiger partial charge >= 0.3 is 303 Å². The third kappa shape index (κ3) is 6.66. The van der Waals surface area contributed by atoms with Crippen molar-refractivity contribution in [2.24, 2.45) is 0 Å². The Kier molecular flexibility index (Phi) is 13.9. The minimum atomic E-state index is -3.23. The normalized spacial score (nSPS) is 28.5. The Balaban J connectivity index is 0.00000401. The molecule has 1 aromatic rings. The van der Waals surface area contributed by atoms with Crippen LogP contribution in [0.5, 0.6) is 0 Å². The molecule has 0 aromatic heterocycles. The molecule has 0 amide bonds. The van der Waals surface area contributed by atoms with Crippen LogP contribution < -0.4 is 0 Å². The maximum absolute atomic E-state index is 9.95. The summed E-state index contributed by atoms with van der Waals surface area (Å²) in [6, 6.07) is 12.6. The molecule has 7 rings (SSSR count). The molecule has 0 radical (unpaired) electrons. The van der Waals surface area contributed by atoms with Gasteiger partial charge in [-0.3, -0.25) is 0 Å². The Morgan fingerprint density at radius 2 is 0.833 bits per heavy atom. The quantitative estimate of drug-likeness (QED) is 0.132. The molecule has 0 aliphatic heterocycles. The van der Waals surface area contributed by atoms with Gasteiger partial charge in [-0.2, -0.15) is 0 Å². The van der Waals surface area contributed by atoms with Crippen LogP contribution in [-0.4, -0.2) is 32.9 Å². The Hall–Kier alpha value is 1.28. The monoisotopic (exact) mass is 822 g/mol. The van der Waals surface area contributed by atoms with Crippen LogP contribution in [0.4, 0.5) is 0 Å². The van der Waals surface area contributed by atoms with Gasteiger partial charge in [0.2, 0.25) is 0 Å². The van der Waals surface area contributed by atoms with E-state index in [1.165, 1.54) is 193 Å². The fourth-order valence-electron chi connectivity index (χ4n) is 14.5. The van der Waals surface area contributed by atoms with Crippen molar-refractivity contribution < 1.29 is 19.5 Å². The number of alkyl halides is 1. The third-order valence-electron chi connectivity index (χ3n) is 16.1. The van der Waals surface area contributed by atoms with Gasteiger partial charge in [0.05, 0.1) is 0 Å². The first-order valence-corrected chi connectivity index (χ1v) is 27.5. The molecular formula is C43H72Cl2P2Ru. The summed E-state index contributed by atoms with van der Waals surface area (Å²) in [5.41, 5.74) is 6.00. The summed E-state index contributed by atoms with van der Waals surface area (Å²) in [5, 5.41) is 0.618. The Labute approximate surface area is 320 Å². The summed E-state index contributed by atoms with van der Waals surface area (Å²) in [5.74, 6) is -3.23. The summed E-state index contributed by atoms with van der Waals surface area (Å²) in [4.78, 5) is 0. The predicted molar refractivity (Wildman–Crippen MR) is 216 cm³/mol. The number of rotatable bonds is 9. The zero-order chi connectivity index (χ0) is 32.2. The van der Waals surface area contributed by atoms with Crippen molar-refractivity contribution in [3.8, 4) is 0 Å². The topological polar surface area (TPSA) is 0 Å². The Morgan fingerprint density at radius 3 is 1.21 bits per heavy atom. The summed E-state index contributed by atoms with van der Waals surface area (Å²) < 4.78 is -0.174. The van der Waals surface area contributed by atoms with Gasteiger partial charge in [0, 0.05) is 19.5 Å². The van der Waals surface area contributed by atoms with E-state index < -0.39 is 13.2 Å². The molecule has 6 aliphatic carbocycles. The Morgan fingerprint density at radius 1 is 0.500 bits per heavy atom. The average Bonchev–Trinajstić information content (AvgIpc) is 3.16. The molecule has 0 heterocycles. The number of benzene rings is 1. The van der Waals surface area contributed by atoms with Crippen LogP contribution in [0.15, 0.2) is 30.3 Å². The van der Waals surface area contributed by atoms with Crippen molar-refractivity contribution in [2.75, 3.05) is 0 Å². The van der Waals surface area contributed by atoms with Crippen LogP contribution in [0.3, 0.4) is 0 Å². The molecule has 0 N–H and O–H groups in total. The van der Waals surface area contributed by atoms with E-state index >= 15 is 0 Å². The minimum absolute atomic E-state index is 0. The molecule has 1 unspecified atom stereocenters. The first kappa shape index (κ1) is 39.0. The van der Waals surface area contributed by atoms with E-state index in [1.54, 1.807) is 5.56 Å². The van der Waals surface area contributed by atoms with Gasteiger partial charge in [0.25, 0.3) is 0 Å². The van der Waals surface area contributed by atoms with Crippen LogP contribution >= 0.6 is 36.1 Å². The average molecular weight is 823 g/mol. The zero-order valence-corrected chi connectivity index (χ0v) is 35.8. The zero-order valence-electron chi connectivity index (χ0n) is 30.6. The van der Waals surface area contributed by atoms with Crippen molar-refractivity contribution in [3.05, 3.63) is 35.9 Å². The largest absolute Gasteiger partial charge is 0 e. The fourth-order valence-corrected chi connectivity index (χ4v) is 43.7. The van der Waals surface area contributed by atoms with Gasteiger partial charge in [0.15, 0.2) is 0 Å². The van der Waals surface area contributed by atoms with E-state index in [0.717, 1.165) is 17.0 Å². The van der Waals surface area contributed by atoms with E-state index in [1.807, 2.05) is 0 Å². The van der Waals surface area contributed by atoms with Gasteiger partial charge < -0.3 is 0 Å². The first-order valence-electron chi connectivity index (χ1n) is 21.5. The van der Waals surface area contributed by atoms with Crippen LogP contribution in [-0.2, 0) is 19.5 Å². The summed E-state index contributed by atoms with van der Waals surface area (Å²) in [6.45, 7) is 0. The van der Waals surface area contributed by atoms with Crippen LogP contribution in [0, 0.1) is 0 Å². The van der Waals surface area contributed by atoms with Gasteiger partial charge in [-0.15, -0.1) is 0 Å². The van der Waals surface area contributed by atoms with Crippen LogP contribution in [0.1, 0.15) is 204 Å². The SMILES string of the molecule is ClC1(P(Cl)(C2CCCCC2)(C2CCCCC2)C(c2ccccc2)[PH](C2CCCCC2)(C2CCCCC2)C2CCCCC2)CCCCC1.[Ru]. The number of hydrogen-bond acceptors (Lipinski definition) is 0. The van der Waals surface area contributed by atoms with Crippen molar-refractivity contribution in [2.45, 2.75) is 231 Å². The predicted octanol–water partition coefficient (Wildman–Crippen LogP) is 15.7. The van der Waals surface area contributed by atoms with E-state index in [9.17, 15) is 11.2 Å². The molecule has 6 aliphatic rings. The fraction of sp³-hybridized carbons (Fsp3) is 0.860. The van der Waals surface area contributed by atoms with Gasteiger partial charge in [-0.25, -0.2) is 0 Å². The minimum Gasteiger partial charge on any atom is 0 e. The smallest absolute Gasteiger partial charge is 0 e. The molecule has 0 bridgehead atoms. The number of halogens is 2. The van der Waals surface area contributed by atoms with Crippen LogP contribution in [0.25, 0.3) is 0 Å². The van der Waals surface area contributed by atoms with E-state index in [0.29, 0.717) is 16.7 Å². The van der Waals surface area contributed by atoms with Crippen molar-refractivity contribution in [1.29, 1.82) is 0 Å².